The van der Waals surface area contributed by atoms with Gasteiger partial charge in [0.15, 0.2) is 0 Å². The average molecular weight is 227 g/mol. The summed E-state index contributed by atoms with van der Waals surface area (Å²) in [4.78, 5) is 11.4. The van der Waals surface area contributed by atoms with Crippen LogP contribution in [0.1, 0.15) is 23.7 Å². The van der Waals surface area contributed by atoms with Crippen LogP contribution in [0.5, 0.6) is 5.75 Å². The van der Waals surface area contributed by atoms with Gasteiger partial charge in [-0.3, -0.25) is 4.79 Å². The summed E-state index contributed by atoms with van der Waals surface area (Å²) < 4.78 is 13.2. The van der Waals surface area contributed by atoms with E-state index in [0.29, 0.717) is 6.42 Å². The van der Waals surface area contributed by atoms with Crippen LogP contribution in [0.15, 0.2) is 18.2 Å². The number of aliphatic hydroxyl groups excluding tert-OH is 1. The maximum Gasteiger partial charge on any atom is 0.254 e. The van der Waals surface area contributed by atoms with Gasteiger partial charge in [0.2, 0.25) is 0 Å². The Balaban J connectivity index is 2.59. The molecule has 1 unspecified atom stereocenters. The first-order chi connectivity index (χ1) is 7.50. The fourth-order valence-electron chi connectivity index (χ4n) is 1.18. The van der Waals surface area contributed by atoms with Crippen LogP contribution < -0.4 is 5.32 Å². The summed E-state index contributed by atoms with van der Waals surface area (Å²) in [6.45, 7) is 1.88. The van der Waals surface area contributed by atoms with Crippen LogP contribution in [0.25, 0.3) is 0 Å². The lowest BCUT2D eigenvalue weighted by molar-refractivity contribution is 0.0941. The molecule has 88 valence electrons. The van der Waals surface area contributed by atoms with Crippen LogP contribution in [0.3, 0.4) is 0 Å². The first-order valence-corrected chi connectivity index (χ1v) is 4.95. The lowest BCUT2D eigenvalue weighted by Gasteiger charge is -2.07. The van der Waals surface area contributed by atoms with Gasteiger partial charge in [-0.15, -0.1) is 0 Å². The van der Waals surface area contributed by atoms with Crippen molar-refractivity contribution in [1.29, 1.82) is 0 Å². The molecule has 16 heavy (non-hydrogen) atoms. The Bertz CT molecular complexity index is 379. The Morgan fingerprint density at radius 2 is 2.25 bits per heavy atom. The van der Waals surface area contributed by atoms with E-state index < -0.39 is 17.8 Å². The molecule has 0 fully saturated rings. The Morgan fingerprint density at radius 3 is 2.81 bits per heavy atom. The zero-order valence-electron chi connectivity index (χ0n) is 8.90. The number of aliphatic hydroxyl groups is 1. The van der Waals surface area contributed by atoms with E-state index in [1.807, 2.05) is 0 Å². The van der Waals surface area contributed by atoms with E-state index in [1.165, 1.54) is 12.1 Å². The average Bonchev–Trinajstić information content (AvgIpc) is 2.16. The molecular formula is C11H14FNO3. The number of amides is 1. The van der Waals surface area contributed by atoms with E-state index in [1.54, 1.807) is 6.92 Å². The number of phenols is 1. The standard InChI is InChI=1S/C11H14FNO3/c1-7(14)4-5-13-11(16)9-3-2-8(15)6-10(9)12/h2-3,6-7,14-15H,4-5H2,1H3,(H,13,16). The van der Waals surface area contributed by atoms with Crippen LogP contribution >= 0.6 is 0 Å². The van der Waals surface area contributed by atoms with Gasteiger partial charge in [0.25, 0.3) is 5.91 Å². The Kier molecular flexibility index (Phi) is 4.25. The molecule has 1 aromatic carbocycles. The maximum absolute atomic E-state index is 13.2. The zero-order valence-corrected chi connectivity index (χ0v) is 8.90. The van der Waals surface area contributed by atoms with Crippen LogP contribution in [0.4, 0.5) is 4.39 Å². The molecule has 3 N–H and O–H groups in total. The van der Waals surface area contributed by atoms with Crippen LogP contribution in [-0.2, 0) is 0 Å². The molecule has 0 aliphatic heterocycles. The smallest absolute Gasteiger partial charge is 0.254 e. The summed E-state index contributed by atoms with van der Waals surface area (Å²) in [6.07, 6.45) is -0.101. The molecule has 0 saturated heterocycles. The van der Waals surface area contributed by atoms with Gasteiger partial charge in [-0.05, 0) is 25.5 Å². The molecule has 0 heterocycles. The van der Waals surface area contributed by atoms with Crippen molar-refractivity contribution in [3.63, 3.8) is 0 Å². The van der Waals surface area contributed by atoms with E-state index in [9.17, 15) is 9.18 Å². The van der Waals surface area contributed by atoms with Gasteiger partial charge in [-0.1, -0.05) is 0 Å². The number of rotatable bonds is 4. The van der Waals surface area contributed by atoms with Gasteiger partial charge in [0.1, 0.15) is 11.6 Å². The molecular weight excluding hydrogens is 213 g/mol. The highest BCUT2D eigenvalue weighted by molar-refractivity contribution is 5.94. The summed E-state index contributed by atoms with van der Waals surface area (Å²) in [7, 11) is 0. The van der Waals surface area contributed by atoms with E-state index in [-0.39, 0.29) is 17.9 Å². The van der Waals surface area contributed by atoms with Gasteiger partial charge in [0.05, 0.1) is 11.7 Å². The number of carbonyl (C=O) groups excluding carboxylic acids is 1. The fourth-order valence-corrected chi connectivity index (χ4v) is 1.18. The number of phenolic OH excluding ortho intramolecular Hbond substituents is 1. The Morgan fingerprint density at radius 1 is 1.56 bits per heavy atom. The summed E-state index contributed by atoms with van der Waals surface area (Å²) in [5.74, 6) is -1.55. The van der Waals surface area contributed by atoms with E-state index in [4.69, 9.17) is 10.2 Å². The lowest BCUT2D eigenvalue weighted by Crippen LogP contribution is -2.27. The van der Waals surface area contributed by atoms with Crippen molar-refractivity contribution in [3.05, 3.63) is 29.6 Å². The number of benzene rings is 1. The molecule has 1 amide bonds. The van der Waals surface area contributed by atoms with Crippen molar-refractivity contribution in [2.24, 2.45) is 0 Å². The predicted molar refractivity (Wildman–Crippen MR) is 56.7 cm³/mol. The normalized spacial score (nSPS) is 12.2. The minimum absolute atomic E-state index is 0.122. The third-order valence-corrected chi connectivity index (χ3v) is 2.04. The lowest BCUT2D eigenvalue weighted by atomic mass is 10.2. The molecule has 1 rings (SSSR count). The summed E-state index contributed by atoms with van der Waals surface area (Å²) in [5.41, 5.74) is -0.122. The number of halogens is 1. The van der Waals surface area contributed by atoms with E-state index >= 15 is 0 Å². The molecule has 1 aromatic rings. The highest BCUT2D eigenvalue weighted by Crippen LogP contribution is 2.14. The van der Waals surface area contributed by atoms with Gasteiger partial charge < -0.3 is 15.5 Å². The number of aromatic hydroxyl groups is 1. The SMILES string of the molecule is CC(O)CCNC(=O)c1ccc(O)cc1F. The minimum Gasteiger partial charge on any atom is -0.508 e. The molecule has 0 radical (unpaired) electrons. The van der Waals surface area contributed by atoms with Crippen molar-refractivity contribution < 1.29 is 19.4 Å². The molecule has 4 nitrogen and oxygen atoms in total. The van der Waals surface area contributed by atoms with Crippen LogP contribution in [-0.4, -0.2) is 28.8 Å². The molecule has 0 saturated carbocycles. The summed E-state index contributed by atoms with van der Waals surface area (Å²) in [6, 6.07) is 3.33. The topological polar surface area (TPSA) is 69.6 Å². The second-order valence-corrected chi connectivity index (χ2v) is 3.56. The second kappa shape index (κ2) is 5.46. The molecule has 0 aromatic heterocycles. The van der Waals surface area contributed by atoms with Crippen molar-refractivity contribution in [3.8, 4) is 5.75 Å². The Hall–Kier alpha value is -1.62. The fraction of sp³-hybridized carbons (Fsp3) is 0.364. The third-order valence-electron chi connectivity index (χ3n) is 2.04. The van der Waals surface area contributed by atoms with Crippen molar-refractivity contribution in [1.82, 2.24) is 5.32 Å². The molecule has 1 atom stereocenters. The first kappa shape index (κ1) is 12.4. The molecule has 0 aliphatic rings. The van der Waals surface area contributed by atoms with E-state index in [2.05, 4.69) is 5.32 Å². The molecule has 5 heteroatoms. The molecule has 0 spiro atoms. The highest BCUT2D eigenvalue weighted by Gasteiger charge is 2.11. The highest BCUT2D eigenvalue weighted by atomic mass is 19.1. The molecule has 0 aliphatic carbocycles. The van der Waals surface area contributed by atoms with Crippen molar-refractivity contribution in [2.45, 2.75) is 19.4 Å². The first-order valence-electron chi connectivity index (χ1n) is 4.95. The number of nitrogens with one attached hydrogen (secondary N) is 1. The number of hydrogen-bond donors (Lipinski definition) is 3. The zero-order chi connectivity index (χ0) is 12.1. The quantitative estimate of drug-likeness (QED) is 0.719. The largest absolute Gasteiger partial charge is 0.508 e. The van der Waals surface area contributed by atoms with Crippen molar-refractivity contribution >= 4 is 5.91 Å². The van der Waals surface area contributed by atoms with Crippen LogP contribution in [0, 0.1) is 5.82 Å². The van der Waals surface area contributed by atoms with Gasteiger partial charge >= 0.3 is 0 Å². The maximum atomic E-state index is 13.2. The predicted octanol–water partition coefficient (Wildman–Crippen LogP) is 1.03. The second-order valence-electron chi connectivity index (χ2n) is 3.56. The van der Waals surface area contributed by atoms with Gasteiger partial charge in [-0.2, -0.15) is 0 Å². The minimum atomic E-state index is -0.769. The van der Waals surface area contributed by atoms with Gasteiger partial charge in [-0.25, -0.2) is 4.39 Å². The molecule has 0 bridgehead atoms. The third kappa shape index (κ3) is 3.51. The monoisotopic (exact) mass is 227 g/mol. The Labute approximate surface area is 92.7 Å². The van der Waals surface area contributed by atoms with Crippen LogP contribution in [0.2, 0.25) is 0 Å². The summed E-state index contributed by atoms with van der Waals surface area (Å²) in [5, 5.41) is 20.4. The number of carbonyl (C=O) groups is 1. The summed E-state index contributed by atoms with van der Waals surface area (Å²) >= 11 is 0. The van der Waals surface area contributed by atoms with Crippen molar-refractivity contribution in [2.75, 3.05) is 6.54 Å². The number of hydrogen-bond acceptors (Lipinski definition) is 3. The van der Waals surface area contributed by atoms with E-state index in [0.717, 1.165) is 6.07 Å². The van der Waals surface area contributed by atoms with Gasteiger partial charge in [0, 0.05) is 12.6 Å².